The molecule has 3 heteroatoms. The van der Waals surface area contributed by atoms with Crippen molar-refractivity contribution in [3.05, 3.63) is 22.4 Å². The molecule has 1 aromatic rings. The van der Waals surface area contributed by atoms with E-state index in [1.54, 1.807) is 11.3 Å². The highest BCUT2D eigenvalue weighted by atomic mass is 32.1. The van der Waals surface area contributed by atoms with E-state index in [1.165, 1.54) is 37.7 Å². The average molecular weight is 251 g/mol. The van der Waals surface area contributed by atoms with Gasteiger partial charge in [0.1, 0.15) is 0 Å². The summed E-state index contributed by atoms with van der Waals surface area (Å²) in [4.78, 5) is 2.58. The number of hydrogen-bond acceptors (Lipinski definition) is 3. The quantitative estimate of drug-likeness (QED) is 0.889. The molecule has 0 aliphatic heterocycles. The maximum atomic E-state index is 10.2. The molecule has 2 fully saturated rings. The van der Waals surface area contributed by atoms with Crippen LogP contribution in [0.3, 0.4) is 0 Å². The van der Waals surface area contributed by atoms with E-state index >= 15 is 0 Å². The summed E-state index contributed by atoms with van der Waals surface area (Å²) in [6.07, 6.45) is 7.23. The number of rotatable bonds is 4. The summed E-state index contributed by atoms with van der Waals surface area (Å²) in [5, 5.41) is 14.6. The average Bonchev–Trinajstić information content (AvgIpc) is 3.05. The number of aliphatic hydroxyl groups excluding tert-OH is 1. The van der Waals surface area contributed by atoms with Gasteiger partial charge >= 0.3 is 0 Å². The van der Waals surface area contributed by atoms with Crippen molar-refractivity contribution in [1.29, 1.82) is 0 Å². The van der Waals surface area contributed by atoms with Gasteiger partial charge in [0.2, 0.25) is 0 Å². The minimum Gasteiger partial charge on any atom is -0.391 e. The van der Waals surface area contributed by atoms with Crippen LogP contribution in [-0.2, 0) is 6.54 Å². The molecule has 0 bridgehead atoms. The van der Waals surface area contributed by atoms with E-state index in [0.717, 1.165) is 19.0 Å². The van der Waals surface area contributed by atoms with Crippen LogP contribution < -0.4 is 0 Å². The zero-order valence-electron chi connectivity index (χ0n) is 10.2. The van der Waals surface area contributed by atoms with Gasteiger partial charge in [-0.25, -0.2) is 0 Å². The molecule has 1 aromatic heterocycles. The molecule has 2 nitrogen and oxygen atoms in total. The fourth-order valence-electron chi connectivity index (χ4n) is 3.00. The zero-order chi connectivity index (χ0) is 11.7. The van der Waals surface area contributed by atoms with Crippen molar-refractivity contribution in [2.75, 3.05) is 0 Å². The zero-order valence-corrected chi connectivity index (χ0v) is 11.0. The summed E-state index contributed by atoms with van der Waals surface area (Å²) >= 11 is 1.77. The third-order valence-corrected chi connectivity index (χ3v) is 4.81. The first-order valence-electron chi connectivity index (χ1n) is 6.79. The van der Waals surface area contributed by atoms with E-state index in [-0.39, 0.29) is 6.10 Å². The molecule has 2 atom stereocenters. The summed E-state index contributed by atoms with van der Waals surface area (Å²) < 4.78 is 0. The van der Waals surface area contributed by atoms with E-state index in [1.807, 2.05) is 0 Å². The second-order valence-electron chi connectivity index (χ2n) is 5.45. The van der Waals surface area contributed by atoms with Crippen LogP contribution in [0.15, 0.2) is 16.8 Å². The smallest absolute Gasteiger partial charge is 0.0695 e. The Kier molecular flexibility index (Phi) is 3.50. The molecule has 94 valence electrons. The standard InChI is InChI=1S/C14H21NOS/c16-14-4-2-1-3-13(14)15(12-5-6-12)9-11-7-8-17-10-11/h7-8,10,12-14,16H,1-6,9H2. The molecule has 2 aliphatic rings. The lowest BCUT2D eigenvalue weighted by Crippen LogP contribution is -2.46. The van der Waals surface area contributed by atoms with Gasteiger partial charge in [-0.15, -0.1) is 0 Å². The number of nitrogens with zero attached hydrogens (tertiary/aromatic N) is 1. The molecule has 1 N–H and O–H groups in total. The Bertz CT molecular complexity index is 347. The van der Waals surface area contributed by atoms with Crippen molar-refractivity contribution < 1.29 is 5.11 Å². The van der Waals surface area contributed by atoms with Crippen LogP contribution in [0.25, 0.3) is 0 Å². The summed E-state index contributed by atoms with van der Waals surface area (Å²) in [6.45, 7) is 1.04. The molecule has 2 aliphatic carbocycles. The van der Waals surface area contributed by atoms with Crippen LogP contribution in [0.4, 0.5) is 0 Å². The lowest BCUT2D eigenvalue weighted by molar-refractivity contribution is 0.0113. The third-order valence-electron chi connectivity index (χ3n) is 4.08. The Morgan fingerprint density at radius 2 is 2.06 bits per heavy atom. The van der Waals surface area contributed by atoms with Crippen molar-refractivity contribution in [3.8, 4) is 0 Å². The Hall–Kier alpha value is -0.380. The Labute approximate surface area is 107 Å². The Morgan fingerprint density at radius 1 is 1.24 bits per heavy atom. The molecule has 0 radical (unpaired) electrons. The van der Waals surface area contributed by atoms with Crippen molar-refractivity contribution >= 4 is 11.3 Å². The van der Waals surface area contributed by atoms with Crippen molar-refractivity contribution in [1.82, 2.24) is 4.90 Å². The van der Waals surface area contributed by atoms with Crippen LogP contribution in [-0.4, -0.2) is 28.2 Å². The van der Waals surface area contributed by atoms with Gasteiger partial charge in [0.25, 0.3) is 0 Å². The van der Waals surface area contributed by atoms with Gasteiger partial charge in [-0.1, -0.05) is 12.8 Å². The molecule has 1 heterocycles. The molecule has 0 aromatic carbocycles. The van der Waals surface area contributed by atoms with E-state index in [9.17, 15) is 5.11 Å². The largest absolute Gasteiger partial charge is 0.391 e. The molecule has 2 saturated carbocycles. The summed E-state index contributed by atoms with van der Waals surface area (Å²) in [7, 11) is 0. The normalized spacial score (nSPS) is 29.8. The summed E-state index contributed by atoms with van der Waals surface area (Å²) in [5.74, 6) is 0. The number of thiophene rings is 1. The third kappa shape index (κ3) is 2.72. The van der Waals surface area contributed by atoms with Crippen LogP contribution >= 0.6 is 11.3 Å². The Morgan fingerprint density at radius 3 is 2.71 bits per heavy atom. The predicted octanol–water partition coefficient (Wildman–Crippen LogP) is 3.02. The molecular formula is C14H21NOS. The first-order chi connectivity index (χ1) is 8.34. The van der Waals surface area contributed by atoms with E-state index in [0.29, 0.717) is 6.04 Å². The highest BCUT2D eigenvalue weighted by Crippen LogP contribution is 2.35. The second kappa shape index (κ2) is 5.09. The molecule has 0 spiro atoms. The fraction of sp³-hybridized carbons (Fsp3) is 0.714. The van der Waals surface area contributed by atoms with Gasteiger partial charge in [0.05, 0.1) is 6.10 Å². The predicted molar refractivity (Wildman–Crippen MR) is 71.1 cm³/mol. The monoisotopic (exact) mass is 251 g/mol. The lowest BCUT2D eigenvalue weighted by Gasteiger charge is -2.37. The summed E-state index contributed by atoms with van der Waals surface area (Å²) in [5.41, 5.74) is 1.42. The molecule has 0 saturated heterocycles. The SMILES string of the molecule is OC1CCCCC1N(Cc1ccsc1)C1CC1. The maximum Gasteiger partial charge on any atom is 0.0695 e. The van der Waals surface area contributed by atoms with Gasteiger partial charge in [-0.05, 0) is 48.1 Å². The maximum absolute atomic E-state index is 10.2. The second-order valence-corrected chi connectivity index (χ2v) is 6.23. The minimum absolute atomic E-state index is 0.0945. The van der Waals surface area contributed by atoms with Gasteiger partial charge in [-0.2, -0.15) is 11.3 Å². The van der Waals surface area contributed by atoms with Crippen molar-refractivity contribution in [3.63, 3.8) is 0 Å². The van der Waals surface area contributed by atoms with Crippen LogP contribution in [0.1, 0.15) is 44.1 Å². The first kappa shape index (κ1) is 11.7. The highest BCUT2D eigenvalue weighted by molar-refractivity contribution is 7.07. The van der Waals surface area contributed by atoms with Crippen LogP contribution in [0.2, 0.25) is 0 Å². The summed E-state index contributed by atoms with van der Waals surface area (Å²) in [6, 6.07) is 3.37. The number of hydrogen-bond donors (Lipinski definition) is 1. The van der Waals surface area contributed by atoms with Crippen LogP contribution in [0, 0.1) is 0 Å². The minimum atomic E-state index is -0.0945. The molecule has 3 rings (SSSR count). The Balaban J connectivity index is 1.70. The molecule has 2 unspecified atom stereocenters. The lowest BCUT2D eigenvalue weighted by atomic mass is 9.91. The first-order valence-corrected chi connectivity index (χ1v) is 7.74. The van der Waals surface area contributed by atoms with Crippen molar-refractivity contribution in [2.45, 2.75) is 63.3 Å². The number of aliphatic hydroxyl groups is 1. The van der Waals surface area contributed by atoms with Gasteiger partial charge in [0.15, 0.2) is 0 Å². The molecule has 17 heavy (non-hydrogen) atoms. The van der Waals surface area contributed by atoms with E-state index < -0.39 is 0 Å². The van der Waals surface area contributed by atoms with Gasteiger partial charge in [0, 0.05) is 18.6 Å². The van der Waals surface area contributed by atoms with Crippen LogP contribution in [0.5, 0.6) is 0 Å². The van der Waals surface area contributed by atoms with Crippen molar-refractivity contribution in [2.24, 2.45) is 0 Å². The molecular weight excluding hydrogens is 230 g/mol. The molecule has 0 amide bonds. The fourth-order valence-corrected chi connectivity index (χ4v) is 3.66. The van der Waals surface area contributed by atoms with E-state index in [2.05, 4.69) is 21.7 Å². The van der Waals surface area contributed by atoms with E-state index in [4.69, 9.17) is 0 Å². The highest BCUT2D eigenvalue weighted by Gasteiger charge is 2.37. The van der Waals surface area contributed by atoms with Gasteiger partial charge < -0.3 is 5.11 Å². The van der Waals surface area contributed by atoms with Gasteiger partial charge in [-0.3, -0.25) is 4.90 Å². The topological polar surface area (TPSA) is 23.5 Å².